The average Bonchev–Trinajstić information content (AvgIpc) is 3.51. The van der Waals surface area contributed by atoms with Crippen LogP contribution >= 0.6 is 0 Å². The first-order chi connectivity index (χ1) is 37.2. The SMILES string of the molecule is c1ccc(-c2ccc(-c3ccc(N(c4ccccc4-c4ccc5c(c4)c(-c4ccccc4)c(-c4ccccc4)c4ccccc45)c4c(-c5ccccc5)cccc4-c4ccccc4)cc3)cc2-c2ccccc2)cc1. The number of anilines is 3. The number of benzene rings is 13. The molecule has 0 fully saturated rings. The van der Waals surface area contributed by atoms with Gasteiger partial charge in [-0.05, 0) is 124 Å². The monoisotopic (exact) mass is 953 g/mol. The molecule has 0 aliphatic rings. The van der Waals surface area contributed by atoms with E-state index >= 15 is 0 Å². The maximum Gasteiger partial charge on any atom is 0.0618 e. The predicted molar refractivity (Wildman–Crippen MR) is 320 cm³/mol. The normalized spacial score (nSPS) is 11.2. The van der Waals surface area contributed by atoms with Gasteiger partial charge in [-0.3, -0.25) is 0 Å². The Kier molecular flexibility index (Phi) is 12.0. The largest absolute Gasteiger partial charge is 0.309 e. The van der Waals surface area contributed by atoms with Crippen molar-refractivity contribution in [3.8, 4) is 89.0 Å². The van der Waals surface area contributed by atoms with E-state index in [1.54, 1.807) is 0 Å². The van der Waals surface area contributed by atoms with Crippen molar-refractivity contribution in [2.75, 3.05) is 4.90 Å². The standard InChI is InChI=1S/C74H51N/c1-7-24-53(25-8-1)62-48-44-59(50-69(62)56-30-13-4-14-31-56)52-42-46-61(47-43-52)75(74-64(54-26-9-2-10-27-54)39-23-40-65(74)55-28-11-3-12-29-55)71-41-22-21-36-63(71)60-45-49-67-66-37-19-20-38-68(66)72(57-32-15-5-16-33-57)73(70(67)51-60)58-34-17-6-18-35-58/h1-51H. The summed E-state index contributed by atoms with van der Waals surface area (Å²) in [5.74, 6) is 0. The van der Waals surface area contributed by atoms with Gasteiger partial charge in [0.25, 0.3) is 0 Å². The van der Waals surface area contributed by atoms with Crippen LogP contribution in [0.15, 0.2) is 309 Å². The number of hydrogen-bond donors (Lipinski definition) is 0. The van der Waals surface area contributed by atoms with Crippen LogP contribution in [0.4, 0.5) is 17.1 Å². The fourth-order valence-electron chi connectivity index (χ4n) is 11.2. The van der Waals surface area contributed by atoms with Crippen LogP contribution in [0.2, 0.25) is 0 Å². The zero-order valence-electron chi connectivity index (χ0n) is 41.4. The van der Waals surface area contributed by atoms with Gasteiger partial charge in [0.15, 0.2) is 0 Å². The van der Waals surface area contributed by atoms with Gasteiger partial charge in [-0.15, -0.1) is 0 Å². The van der Waals surface area contributed by atoms with E-state index in [0.29, 0.717) is 0 Å². The van der Waals surface area contributed by atoms with Crippen LogP contribution in [0.1, 0.15) is 0 Å². The van der Waals surface area contributed by atoms with Gasteiger partial charge in [0.2, 0.25) is 0 Å². The van der Waals surface area contributed by atoms with Crippen LogP contribution in [0.5, 0.6) is 0 Å². The van der Waals surface area contributed by atoms with Crippen molar-refractivity contribution in [1.29, 1.82) is 0 Å². The second-order valence-electron chi connectivity index (χ2n) is 19.1. The number of nitrogens with zero attached hydrogens (tertiary/aromatic N) is 1. The molecule has 0 aliphatic carbocycles. The molecule has 0 spiro atoms. The second kappa shape index (κ2) is 20.0. The first-order valence-electron chi connectivity index (χ1n) is 25.8. The van der Waals surface area contributed by atoms with E-state index < -0.39 is 0 Å². The zero-order valence-corrected chi connectivity index (χ0v) is 41.4. The van der Waals surface area contributed by atoms with Crippen molar-refractivity contribution < 1.29 is 0 Å². The summed E-state index contributed by atoms with van der Waals surface area (Å²) in [5.41, 5.74) is 22.1. The summed E-state index contributed by atoms with van der Waals surface area (Å²) in [6.45, 7) is 0. The Morgan fingerprint density at radius 1 is 0.187 bits per heavy atom. The first-order valence-corrected chi connectivity index (χ1v) is 25.8. The van der Waals surface area contributed by atoms with Crippen molar-refractivity contribution >= 4 is 38.6 Å². The maximum atomic E-state index is 2.51. The summed E-state index contributed by atoms with van der Waals surface area (Å²) in [7, 11) is 0. The van der Waals surface area contributed by atoms with E-state index in [2.05, 4.69) is 314 Å². The lowest BCUT2D eigenvalue weighted by Gasteiger charge is -2.32. The van der Waals surface area contributed by atoms with Crippen LogP contribution in [0.3, 0.4) is 0 Å². The predicted octanol–water partition coefficient (Wildman–Crippen LogP) is 20.8. The molecule has 0 saturated carbocycles. The molecule has 0 amide bonds. The molecule has 0 bridgehead atoms. The lowest BCUT2D eigenvalue weighted by atomic mass is 9.84. The third-order valence-corrected chi connectivity index (χ3v) is 14.7. The molecule has 0 aromatic heterocycles. The van der Waals surface area contributed by atoms with Crippen LogP contribution in [-0.2, 0) is 0 Å². The summed E-state index contributed by atoms with van der Waals surface area (Å²) in [6, 6.07) is 113. The van der Waals surface area contributed by atoms with Crippen molar-refractivity contribution in [3.63, 3.8) is 0 Å². The van der Waals surface area contributed by atoms with Crippen molar-refractivity contribution in [1.82, 2.24) is 0 Å². The number of fused-ring (bicyclic) bond motifs is 3. The highest BCUT2D eigenvalue weighted by Gasteiger charge is 2.25. The minimum atomic E-state index is 1.05. The average molecular weight is 954 g/mol. The fourth-order valence-corrected chi connectivity index (χ4v) is 11.2. The quantitative estimate of drug-likeness (QED) is 0.117. The van der Waals surface area contributed by atoms with E-state index in [0.717, 1.165) is 61.6 Å². The minimum absolute atomic E-state index is 1.05. The van der Waals surface area contributed by atoms with E-state index in [4.69, 9.17) is 0 Å². The van der Waals surface area contributed by atoms with Crippen LogP contribution in [0, 0.1) is 0 Å². The van der Waals surface area contributed by atoms with Gasteiger partial charge in [0.1, 0.15) is 0 Å². The number of para-hydroxylation sites is 2. The van der Waals surface area contributed by atoms with Gasteiger partial charge >= 0.3 is 0 Å². The molecule has 0 saturated heterocycles. The smallest absolute Gasteiger partial charge is 0.0618 e. The molecule has 0 atom stereocenters. The zero-order chi connectivity index (χ0) is 49.9. The Bertz CT molecular complexity index is 4060. The summed E-state index contributed by atoms with van der Waals surface area (Å²) in [4.78, 5) is 2.51. The first kappa shape index (κ1) is 45.1. The van der Waals surface area contributed by atoms with Crippen LogP contribution < -0.4 is 4.90 Å². The molecule has 1 nitrogen and oxygen atoms in total. The van der Waals surface area contributed by atoms with Crippen molar-refractivity contribution in [3.05, 3.63) is 309 Å². The van der Waals surface area contributed by atoms with Crippen molar-refractivity contribution in [2.45, 2.75) is 0 Å². The molecular weight excluding hydrogens is 903 g/mol. The fraction of sp³-hybridized carbons (Fsp3) is 0. The molecule has 0 unspecified atom stereocenters. The Morgan fingerprint density at radius 3 is 1.15 bits per heavy atom. The summed E-state index contributed by atoms with van der Waals surface area (Å²) in [5, 5.41) is 4.92. The molecule has 75 heavy (non-hydrogen) atoms. The lowest BCUT2D eigenvalue weighted by Crippen LogP contribution is -2.14. The molecule has 0 aliphatic heterocycles. The van der Waals surface area contributed by atoms with Crippen molar-refractivity contribution in [2.24, 2.45) is 0 Å². The Balaban J connectivity index is 1.05. The summed E-state index contributed by atoms with van der Waals surface area (Å²) >= 11 is 0. The van der Waals surface area contributed by atoms with Crippen LogP contribution in [0.25, 0.3) is 111 Å². The molecule has 13 rings (SSSR count). The maximum absolute atomic E-state index is 2.51. The van der Waals surface area contributed by atoms with Gasteiger partial charge in [0.05, 0.1) is 11.4 Å². The molecular formula is C74H51N. The Hall–Kier alpha value is -9.82. The minimum Gasteiger partial charge on any atom is -0.309 e. The lowest BCUT2D eigenvalue weighted by molar-refractivity contribution is 1.28. The topological polar surface area (TPSA) is 3.24 Å². The molecule has 0 heterocycles. The molecule has 13 aromatic rings. The van der Waals surface area contributed by atoms with Gasteiger partial charge in [-0.25, -0.2) is 0 Å². The molecule has 0 radical (unpaired) electrons. The van der Waals surface area contributed by atoms with E-state index in [-0.39, 0.29) is 0 Å². The second-order valence-corrected chi connectivity index (χ2v) is 19.1. The van der Waals surface area contributed by atoms with Crippen LogP contribution in [-0.4, -0.2) is 0 Å². The van der Waals surface area contributed by atoms with Gasteiger partial charge in [-0.1, -0.05) is 279 Å². The molecule has 1 heteroatoms. The molecule has 13 aromatic carbocycles. The Morgan fingerprint density at radius 2 is 0.587 bits per heavy atom. The summed E-state index contributed by atoms with van der Waals surface area (Å²) < 4.78 is 0. The summed E-state index contributed by atoms with van der Waals surface area (Å²) in [6.07, 6.45) is 0. The molecule has 0 N–H and O–H groups in total. The van der Waals surface area contributed by atoms with E-state index in [9.17, 15) is 0 Å². The third-order valence-electron chi connectivity index (χ3n) is 14.7. The highest BCUT2D eigenvalue weighted by atomic mass is 15.1. The van der Waals surface area contributed by atoms with E-state index in [1.807, 2.05) is 0 Å². The molecule has 352 valence electrons. The van der Waals surface area contributed by atoms with Gasteiger partial charge in [0, 0.05) is 22.4 Å². The Labute approximate surface area is 439 Å². The van der Waals surface area contributed by atoms with Gasteiger partial charge < -0.3 is 4.90 Å². The van der Waals surface area contributed by atoms with E-state index in [1.165, 1.54) is 66.1 Å². The third kappa shape index (κ3) is 8.57. The number of hydrogen-bond acceptors (Lipinski definition) is 1. The highest BCUT2D eigenvalue weighted by molar-refractivity contribution is 6.22. The number of rotatable bonds is 11. The van der Waals surface area contributed by atoms with Gasteiger partial charge in [-0.2, -0.15) is 0 Å². The highest BCUT2D eigenvalue weighted by Crippen LogP contribution is 2.51.